The van der Waals surface area contributed by atoms with Crippen molar-refractivity contribution in [3.8, 4) is 0 Å². The number of rotatable bonds is 7. The summed E-state index contributed by atoms with van der Waals surface area (Å²) in [5.41, 5.74) is 1.62. The van der Waals surface area contributed by atoms with Crippen LogP contribution in [0, 0.1) is 0 Å². The fraction of sp³-hybridized carbons (Fsp3) is 0.391. The molecule has 1 amide bonds. The monoisotopic (exact) mass is 397 g/mol. The van der Waals surface area contributed by atoms with E-state index in [1.165, 1.54) is 7.11 Å². The lowest BCUT2D eigenvalue weighted by molar-refractivity contribution is -0.0680. The second-order valence-electron chi connectivity index (χ2n) is 7.29. The van der Waals surface area contributed by atoms with E-state index in [1.54, 1.807) is 17.0 Å². The van der Waals surface area contributed by atoms with Gasteiger partial charge in [-0.1, -0.05) is 42.5 Å². The normalized spacial score (nSPS) is 20.1. The Morgan fingerprint density at radius 1 is 1.21 bits per heavy atom. The van der Waals surface area contributed by atoms with Gasteiger partial charge in [0, 0.05) is 19.6 Å². The summed E-state index contributed by atoms with van der Waals surface area (Å²) in [6.45, 7) is 2.54. The van der Waals surface area contributed by atoms with E-state index in [1.807, 2.05) is 49.4 Å². The Hall–Kier alpha value is -2.86. The average Bonchev–Trinajstić information content (AvgIpc) is 2.77. The topological polar surface area (TPSA) is 76.1 Å². The first-order valence-electron chi connectivity index (χ1n) is 9.85. The lowest BCUT2D eigenvalue weighted by Crippen LogP contribution is -2.48. The van der Waals surface area contributed by atoms with Gasteiger partial charge in [0.2, 0.25) is 0 Å². The van der Waals surface area contributed by atoms with E-state index >= 15 is 0 Å². The Labute approximate surface area is 171 Å². The molecule has 0 aliphatic carbocycles. The third-order valence-electron chi connectivity index (χ3n) is 5.59. The van der Waals surface area contributed by atoms with Gasteiger partial charge >= 0.3 is 12.1 Å². The molecule has 6 heteroatoms. The van der Waals surface area contributed by atoms with Crippen LogP contribution in [0.2, 0.25) is 0 Å². The van der Waals surface area contributed by atoms with Gasteiger partial charge in [0.25, 0.3) is 0 Å². The minimum Gasteiger partial charge on any atom is -0.465 e. The van der Waals surface area contributed by atoms with Gasteiger partial charge < -0.3 is 19.5 Å². The first kappa shape index (κ1) is 20.9. The standard InChI is InChI=1S/C23H27NO5/c1-17(18-9-11-19(12-10-18)21(26)28-2)24-15-14-23(13-6-16-25,29-22(24)27)20-7-4-3-5-8-20/h3-5,7-12,17,25H,6,13-16H2,1-2H3/t17-,23?/m0/s1. The second kappa shape index (κ2) is 9.09. The molecular weight excluding hydrogens is 370 g/mol. The highest BCUT2D eigenvalue weighted by Gasteiger charge is 2.43. The van der Waals surface area contributed by atoms with Crippen LogP contribution in [-0.2, 0) is 15.1 Å². The molecule has 0 bridgehead atoms. The van der Waals surface area contributed by atoms with Crippen LogP contribution in [0.5, 0.6) is 0 Å². The zero-order chi connectivity index (χ0) is 20.9. The second-order valence-corrected chi connectivity index (χ2v) is 7.29. The number of carbonyl (C=O) groups excluding carboxylic acids is 2. The van der Waals surface area contributed by atoms with Crippen LogP contribution in [0.4, 0.5) is 4.79 Å². The highest BCUT2D eigenvalue weighted by Crippen LogP contribution is 2.40. The number of nitrogens with zero attached hydrogens (tertiary/aromatic N) is 1. The Bertz CT molecular complexity index is 836. The zero-order valence-electron chi connectivity index (χ0n) is 16.8. The first-order valence-corrected chi connectivity index (χ1v) is 9.85. The Morgan fingerprint density at radius 3 is 2.48 bits per heavy atom. The Morgan fingerprint density at radius 2 is 1.90 bits per heavy atom. The number of hydrogen-bond acceptors (Lipinski definition) is 5. The average molecular weight is 397 g/mol. The highest BCUT2D eigenvalue weighted by atomic mass is 16.6. The third kappa shape index (κ3) is 4.43. The number of hydrogen-bond donors (Lipinski definition) is 1. The summed E-state index contributed by atoms with van der Waals surface area (Å²) >= 11 is 0. The van der Waals surface area contributed by atoms with Crippen molar-refractivity contribution in [2.75, 3.05) is 20.3 Å². The van der Waals surface area contributed by atoms with E-state index in [0.29, 0.717) is 31.4 Å². The van der Waals surface area contributed by atoms with Crippen LogP contribution in [0.25, 0.3) is 0 Å². The maximum atomic E-state index is 12.9. The molecule has 1 N–H and O–H groups in total. The lowest BCUT2D eigenvalue weighted by Gasteiger charge is -2.43. The van der Waals surface area contributed by atoms with Crippen LogP contribution < -0.4 is 0 Å². The molecule has 0 spiro atoms. The molecule has 0 saturated carbocycles. The summed E-state index contributed by atoms with van der Waals surface area (Å²) in [6.07, 6.45) is 1.41. The molecule has 2 atom stereocenters. The van der Waals surface area contributed by atoms with Crippen molar-refractivity contribution in [3.63, 3.8) is 0 Å². The number of carbonyl (C=O) groups is 2. The number of benzene rings is 2. The van der Waals surface area contributed by atoms with Gasteiger partial charge in [-0.05, 0) is 43.0 Å². The Kier molecular flexibility index (Phi) is 6.54. The molecule has 1 aliphatic rings. The Balaban J connectivity index is 1.77. The van der Waals surface area contributed by atoms with Crippen molar-refractivity contribution in [3.05, 3.63) is 71.3 Å². The molecule has 3 rings (SSSR count). The van der Waals surface area contributed by atoms with Crippen LogP contribution in [0.3, 0.4) is 0 Å². The number of aliphatic hydroxyl groups is 1. The number of amides is 1. The van der Waals surface area contributed by atoms with Gasteiger partial charge in [0.05, 0.1) is 18.7 Å². The number of aliphatic hydroxyl groups excluding tert-OH is 1. The molecule has 2 aromatic carbocycles. The molecule has 1 aliphatic heterocycles. The van der Waals surface area contributed by atoms with E-state index in [4.69, 9.17) is 9.47 Å². The predicted molar refractivity (Wildman–Crippen MR) is 108 cm³/mol. The van der Waals surface area contributed by atoms with E-state index in [2.05, 4.69) is 0 Å². The molecule has 0 radical (unpaired) electrons. The van der Waals surface area contributed by atoms with Gasteiger partial charge in [0.1, 0.15) is 5.60 Å². The fourth-order valence-electron chi connectivity index (χ4n) is 3.85. The SMILES string of the molecule is COC(=O)c1ccc([C@H](C)N2CCC(CCCO)(c3ccccc3)OC2=O)cc1. The van der Waals surface area contributed by atoms with E-state index in [9.17, 15) is 14.7 Å². The van der Waals surface area contributed by atoms with E-state index < -0.39 is 11.6 Å². The molecule has 1 saturated heterocycles. The van der Waals surface area contributed by atoms with Gasteiger partial charge in [-0.15, -0.1) is 0 Å². The molecule has 1 unspecified atom stereocenters. The summed E-state index contributed by atoms with van der Waals surface area (Å²) in [6, 6.07) is 16.6. The van der Waals surface area contributed by atoms with Crippen molar-refractivity contribution in [1.29, 1.82) is 0 Å². The summed E-state index contributed by atoms with van der Waals surface area (Å²) in [5.74, 6) is -0.391. The minimum absolute atomic E-state index is 0.0544. The predicted octanol–water partition coefficient (Wildman–Crippen LogP) is 4.04. The zero-order valence-corrected chi connectivity index (χ0v) is 16.8. The molecule has 6 nitrogen and oxygen atoms in total. The van der Waals surface area contributed by atoms with Gasteiger partial charge in [-0.25, -0.2) is 9.59 Å². The molecule has 154 valence electrons. The maximum Gasteiger partial charge on any atom is 0.411 e. The summed E-state index contributed by atoms with van der Waals surface area (Å²) in [4.78, 5) is 26.3. The van der Waals surface area contributed by atoms with E-state index in [-0.39, 0.29) is 18.7 Å². The minimum atomic E-state index is -0.716. The van der Waals surface area contributed by atoms with Crippen LogP contribution in [-0.4, -0.2) is 42.3 Å². The van der Waals surface area contributed by atoms with Crippen molar-refractivity contribution >= 4 is 12.1 Å². The summed E-state index contributed by atoms with van der Waals surface area (Å²) in [7, 11) is 1.35. The highest BCUT2D eigenvalue weighted by molar-refractivity contribution is 5.89. The lowest BCUT2D eigenvalue weighted by atomic mass is 9.84. The van der Waals surface area contributed by atoms with Crippen molar-refractivity contribution in [1.82, 2.24) is 4.90 Å². The smallest absolute Gasteiger partial charge is 0.411 e. The number of cyclic esters (lactones) is 1. The van der Waals surface area contributed by atoms with Crippen LogP contribution in [0.1, 0.15) is 53.7 Å². The molecule has 1 heterocycles. The number of esters is 1. The van der Waals surface area contributed by atoms with Crippen molar-refractivity contribution in [2.45, 2.75) is 37.8 Å². The fourth-order valence-corrected chi connectivity index (χ4v) is 3.85. The summed E-state index contributed by atoms with van der Waals surface area (Å²) < 4.78 is 10.7. The van der Waals surface area contributed by atoms with Gasteiger partial charge in [-0.2, -0.15) is 0 Å². The first-order chi connectivity index (χ1) is 14.0. The number of methoxy groups -OCH3 is 1. The van der Waals surface area contributed by atoms with Gasteiger partial charge in [-0.3, -0.25) is 0 Å². The third-order valence-corrected chi connectivity index (χ3v) is 5.59. The largest absolute Gasteiger partial charge is 0.465 e. The van der Waals surface area contributed by atoms with Crippen molar-refractivity contribution in [2.24, 2.45) is 0 Å². The summed E-state index contributed by atoms with van der Waals surface area (Å²) in [5, 5.41) is 9.31. The molecule has 29 heavy (non-hydrogen) atoms. The van der Waals surface area contributed by atoms with Crippen LogP contribution in [0.15, 0.2) is 54.6 Å². The molecule has 1 fully saturated rings. The van der Waals surface area contributed by atoms with Crippen molar-refractivity contribution < 1.29 is 24.2 Å². The molecule has 2 aromatic rings. The van der Waals surface area contributed by atoms with E-state index in [0.717, 1.165) is 11.1 Å². The number of ether oxygens (including phenoxy) is 2. The quantitative estimate of drug-likeness (QED) is 0.714. The molecular formula is C23H27NO5. The maximum absolute atomic E-state index is 12.9. The van der Waals surface area contributed by atoms with Gasteiger partial charge in [0.15, 0.2) is 0 Å². The molecule has 0 aromatic heterocycles. The van der Waals surface area contributed by atoms with Crippen LogP contribution >= 0.6 is 0 Å².